The first-order valence-electron chi connectivity index (χ1n) is 10.6. The summed E-state index contributed by atoms with van der Waals surface area (Å²) in [6.07, 6.45) is 25.0. The predicted molar refractivity (Wildman–Crippen MR) is 105 cm³/mol. The Kier molecular flexibility index (Phi) is 19.6. The molecule has 0 fully saturated rings. The Bertz CT molecular complexity index is 284. The van der Waals surface area contributed by atoms with Crippen LogP contribution >= 0.6 is 0 Å². The van der Waals surface area contributed by atoms with E-state index in [0.29, 0.717) is 6.61 Å². The second kappa shape index (κ2) is 20.3. The number of carbonyl (C=O) groups excluding carboxylic acids is 1. The molecule has 0 N–H and O–H groups in total. The predicted octanol–water partition coefficient (Wildman–Crippen LogP) is 7.37. The molecule has 0 aliphatic heterocycles. The lowest BCUT2D eigenvalue weighted by Gasteiger charge is -2.04. The van der Waals surface area contributed by atoms with Crippen LogP contribution in [0, 0.1) is 0 Å². The van der Waals surface area contributed by atoms with Crippen molar-refractivity contribution in [2.45, 2.75) is 117 Å². The average molecular weight is 339 g/mol. The van der Waals surface area contributed by atoms with Crippen molar-refractivity contribution in [3.8, 4) is 0 Å². The largest absolute Gasteiger partial charge is 0.463 e. The number of unbranched alkanes of at least 4 members (excludes halogenated alkanes) is 15. The zero-order valence-electron chi connectivity index (χ0n) is 16.5. The van der Waals surface area contributed by atoms with Crippen LogP contribution in [0.25, 0.3) is 0 Å². The van der Waals surface area contributed by atoms with Gasteiger partial charge in [-0.25, -0.2) is 4.79 Å². The minimum Gasteiger partial charge on any atom is -0.463 e. The van der Waals surface area contributed by atoms with Crippen LogP contribution in [0.2, 0.25) is 0 Å². The van der Waals surface area contributed by atoms with E-state index in [4.69, 9.17) is 4.74 Å². The molecule has 0 aliphatic rings. The molecule has 0 aromatic rings. The van der Waals surface area contributed by atoms with Crippen molar-refractivity contribution in [1.29, 1.82) is 0 Å². The van der Waals surface area contributed by atoms with Gasteiger partial charge in [0.25, 0.3) is 0 Å². The van der Waals surface area contributed by atoms with E-state index in [1.807, 2.05) is 6.92 Å². The van der Waals surface area contributed by atoms with Gasteiger partial charge in [-0.2, -0.15) is 0 Å². The van der Waals surface area contributed by atoms with Gasteiger partial charge in [0, 0.05) is 6.08 Å². The molecule has 0 aromatic heterocycles. The fourth-order valence-electron chi connectivity index (χ4n) is 3.01. The van der Waals surface area contributed by atoms with Gasteiger partial charge in [-0.3, -0.25) is 0 Å². The number of hydrogen-bond acceptors (Lipinski definition) is 2. The lowest BCUT2D eigenvalue weighted by atomic mass is 10.0. The van der Waals surface area contributed by atoms with Gasteiger partial charge in [-0.1, -0.05) is 109 Å². The lowest BCUT2D eigenvalue weighted by Crippen LogP contribution is -2.01. The highest BCUT2D eigenvalue weighted by Gasteiger charge is 1.97. The maximum Gasteiger partial charge on any atom is 0.330 e. The molecule has 0 radical (unpaired) electrons. The molecular weight excluding hydrogens is 296 g/mol. The molecule has 2 heteroatoms. The van der Waals surface area contributed by atoms with Crippen LogP contribution < -0.4 is 0 Å². The number of esters is 1. The number of allylic oxidation sites excluding steroid dienone is 1. The van der Waals surface area contributed by atoms with Crippen molar-refractivity contribution in [2.75, 3.05) is 6.61 Å². The minimum absolute atomic E-state index is 0.210. The Balaban J connectivity index is 3.04. The van der Waals surface area contributed by atoms with Crippen molar-refractivity contribution >= 4 is 5.97 Å². The van der Waals surface area contributed by atoms with Crippen molar-refractivity contribution in [3.05, 3.63) is 12.2 Å². The molecule has 0 aliphatic carbocycles. The SMILES string of the molecule is C/C=C/C(=O)OCCCCCCCCCCCCCCCCCC. The number of ether oxygens (including phenoxy) is 1. The molecular formula is C22H42O2. The summed E-state index contributed by atoms with van der Waals surface area (Å²) in [4.78, 5) is 11.1. The summed E-state index contributed by atoms with van der Waals surface area (Å²) in [5, 5.41) is 0. The van der Waals surface area contributed by atoms with Crippen LogP contribution in [-0.4, -0.2) is 12.6 Å². The summed E-state index contributed by atoms with van der Waals surface area (Å²) in [6, 6.07) is 0. The molecule has 0 bridgehead atoms. The molecule has 0 heterocycles. The molecule has 0 aromatic carbocycles. The highest BCUT2D eigenvalue weighted by atomic mass is 16.5. The minimum atomic E-state index is -0.210. The molecule has 2 nitrogen and oxygen atoms in total. The zero-order valence-corrected chi connectivity index (χ0v) is 16.5. The van der Waals surface area contributed by atoms with Crippen LogP contribution in [0.15, 0.2) is 12.2 Å². The summed E-state index contributed by atoms with van der Waals surface area (Å²) < 4.78 is 5.08. The zero-order chi connectivity index (χ0) is 17.7. The van der Waals surface area contributed by atoms with E-state index in [9.17, 15) is 4.79 Å². The quantitative estimate of drug-likeness (QED) is 0.148. The molecule has 0 amide bonds. The second-order valence-electron chi connectivity index (χ2n) is 6.97. The molecule has 24 heavy (non-hydrogen) atoms. The normalized spacial score (nSPS) is 11.2. The molecule has 0 saturated carbocycles. The molecule has 0 saturated heterocycles. The van der Waals surface area contributed by atoms with Gasteiger partial charge in [-0.15, -0.1) is 0 Å². The third-order valence-corrected chi connectivity index (χ3v) is 4.54. The molecule has 142 valence electrons. The Morgan fingerprint density at radius 1 is 0.667 bits per heavy atom. The van der Waals surface area contributed by atoms with Gasteiger partial charge in [-0.05, 0) is 13.3 Å². The van der Waals surface area contributed by atoms with Crippen molar-refractivity contribution in [2.24, 2.45) is 0 Å². The third-order valence-electron chi connectivity index (χ3n) is 4.54. The first kappa shape index (κ1) is 23.2. The van der Waals surface area contributed by atoms with E-state index >= 15 is 0 Å². The molecule has 0 atom stereocenters. The monoisotopic (exact) mass is 338 g/mol. The van der Waals surface area contributed by atoms with E-state index in [1.54, 1.807) is 6.08 Å². The standard InChI is InChI=1S/C22H42O2/c1-3-5-6-7-8-9-10-11-12-13-14-15-16-17-18-19-21-24-22(23)20-4-2/h4,20H,3,5-19,21H2,1-2H3/b20-4+. The maximum atomic E-state index is 11.1. The molecule has 0 rings (SSSR count). The number of hydrogen-bond donors (Lipinski definition) is 0. The Morgan fingerprint density at radius 2 is 1.04 bits per heavy atom. The van der Waals surface area contributed by atoms with E-state index in [2.05, 4.69) is 6.92 Å². The summed E-state index contributed by atoms with van der Waals surface area (Å²) >= 11 is 0. The fraction of sp³-hybridized carbons (Fsp3) is 0.864. The summed E-state index contributed by atoms with van der Waals surface area (Å²) in [5.41, 5.74) is 0. The number of carbonyl (C=O) groups is 1. The van der Waals surface area contributed by atoms with Gasteiger partial charge in [0.1, 0.15) is 0 Å². The van der Waals surface area contributed by atoms with Crippen LogP contribution in [0.5, 0.6) is 0 Å². The van der Waals surface area contributed by atoms with Gasteiger partial charge in [0.05, 0.1) is 6.61 Å². The average Bonchev–Trinajstić information content (AvgIpc) is 2.58. The van der Waals surface area contributed by atoms with E-state index in [1.165, 1.54) is 102 Å². The lowest BCUT2D eigenvalue weighted by molar-refractivity contribution is -0.137. The van der Waals surface area contributed by atoms with E-state index in [-0.39, 0.29) is 5.97 Å². The second-order valence-corrected chi connectivity index (χ2v) is 6.97. The van der Waals surface area contributed by atoms with Gasteiger partial charge in [0.2, 0.25) is 0 Å². The summed E-state index contributed by atoms with van der Waals surface area (Å²) in [6.45, 7) is 4.68. The van der Waals surface area contributed by atoms with Crippen molar-refractivity contribution in [1.82, 2.24) is 0 Å². The van der Waals surface area contributed by atoms with Gasteiger partial charge < -0.3 is 4.74 Å². The fourth-order valence-corrected chi connectivity index (χ4v) is 3.01. The van der Waals surface area contributed by atoms with Crippen LogP contribution in [0.4, 0.5) is 0 Å². The Labute approximate surface area is 151 Å². The topological polar surface area (TPSA) is 26.3 Å². The third kappa shape index (κ3) is 19.3. The summed E-state index contributed by atoms with van der Waals surface area (Å²) in [7, 11) is 0. The first-order chi connectivity index (χ1) is 11.8. The van der Waals surface area contributed by atoms with E-state index in [0.717, 1.165) is 6.42 Å². The molecule has 0 spiro atoms. The highest BCUT2D eigenvalue weighted by Crippen LogP contribution is 2.13. The van der Waals surface area contributed by atoms with Crippen LogP contribution in [0.1, 0.15) is 117 Å². The van der Waals surface area contributed by atoms with Gasteiger partial charge in [0.15, 0.2) is 0 Å². The smallest absolute Gasteiger partial charge is 0.330 e. The van der Waals surface area contributed by atoms with Crippen LogP contribution in [0.3, 0.4) is 0 Å². The Hall–Kier alpha value is -0.790. The van der Waals surface area contributed by atoms with Crippen LogP contribution in [-0.2, 0) is 9.53 Å². The highest BCUT2D eigenvalue weighted by molar-refractivity contribution is 5.81. The van der Waals surface area contributed by atoms with Crippen molar-refractivity contribution < 1.29 is 9.53 Å². The van der Waals surface area contributed by atoms with Crippen molar-refractivity contribution in [3.63, 3.8) is 0 Å². The van der Waals surface area contributed by atoms with E-state index < -0.39 is 0 Å². The Morgan fingerprint density at radius 3 is 1.42 bits per heavy atom. The first-order valence-corrected chi connectivity index (χ1v) is 10.6. The summed E-state index contributed by atoms with van der Waals surface area (Å²) in [5.74, 6) is -0.210. The maximum absolute atomic E-state index is 11.1. The molecule has 0 unspecified atom stereocenters. The number of rotatable bonds is 18. The van der Waals surface area contributed by atoms with Gasteiger partial charge >= 0.3 is 5.97 Å².